The zero-order valence-corrected chi connectivity index (χ0v) is 13.9. The van der Waals surface area contributed by atoms with Gasteiger partial charge in [-0.3, -0.25) is 10.1 Å². The van der Waals surface area contributed by atoms with Crippen LogP contribution in [0.5, 0.6) is 0 Å². The van der Waals surface area contributed by atoms with Gasteiger partial charge in [0.1, 0.15) is 6.17 Å². The fourth-order valence-electron chi connectivity index (χ4n) is 3.74. The summed E-state index contributed by atoms with van der Waals surface area (Å²) >= 11 is 1.75. The number of hydrogen-bond donors (Lipinski definition) is 1. The molecule has 1 amide bonds. The lowest BCUT2D eigenvalue weighted by Crippen LogP contribution is -2.39. The highest BCUT2D eigenvalue weighted by Crippen LogP contribution is 2.36. The Morgan fingerprint density at radius 1 is 1.33 bits per heavy atom. The molecule has 116 valence electrons. The van der Waals surface area contributed by atoms with Gasteiger partial charge in [0.05, 0.1) is 6.04 Å². The van der Waals surface area contributed by atoms with Gasteiger partial charge >= 0.3 is 0 Å². The third-order valence-electron chi connectivity index (χ3n) is 5.03. The summed E-state index contributed by atoms with van der Waals surface area (Å²) in [5, 5.41) is 5.66. The topological polar surface area (TPSA) is 32.3 Å². The third-order valence-corrected chi connectivity index (χ3v) is 5.96. The minimum absolute atomic E-state index is 0.00206. The summed E-state index contributed by atoms with van der Waals surface area (Å²) in [5.74, 6) is 1.12. The lowest BCUT2D eigenvalue weighted by molar-refractivity contribution is -0.132. The van der Waals surface area contributed by atoms with Crippen LogP contribution in [0.15, 0.2) is 17.5 Å². The predicted molar refractivity (Wildman–Crippen MR) is 87.2 cm³/mol. The summed E-state index contributed by atoms with van der Waals surface area (Å²) in [6, 6.07) is 4.65. The van der Waals surface area contributed by atoms with Crippen LogP contribution in [-0.4, -0.2) is 22.9 Å². The fourth-order valence-corrected chi connectivity index (χ4v) is 4.53. The minimum Gasteiger partial charge on any atom is -0.318 e. The predicted octanol–water partition coefficient (Wildman–Crippen LogP) is 3.93. The first-order valence-corrected chi connectivity index (χ1v) is 9.20. The van der Waals surface area contributed by atoms with Gasteiger partial charge in [-0.15, -0.1) is 11.3 Å². The Labute approximate surface area is 131 Å². The maximum atomic E-state index is 12.8. The zero-order valence-electron chi connectivity index (χ0n) is 13.0. The van der Waals surface area contributed by atoms with Gasteiger partial charge in [-0.05, 0) is 43.0 Å². The molecular weight excluding hydrogens is 280 g/mol. The minimum atomic E-state index is -0.00206. The van der Waals surface area contributed by atoms with Gasteiger partial charge in [0, 0.05) is 10.9 Å². The highest BCUT2D eigenvalue weighted by atomic mass is 32.1. The van der Waals surface area contributed by atoms with Gasteiger partial charge in [0.2, 0.25) is 5.91 Å². The second kappa shape index (κ2) is 6.49. The zero-order chi connectivity index (χ0) is 14.8. The van der Waals surface area contributed by atoms with Crippen LogP contribution in [-0.2, 0) is 4.79 Å². The second-order valence-corrected chi connectivity index (χ2v) is 7.54. The molecule has 4 unspecified atom stereocenters. The smallest absolute Gasteiger partial charge is 0.241 e. The largest absolute Gasteiger partial charge is 0.318 e. The molecule has 1 aliphatic carbocycles. The van der Waals surface area contributed by atoms with Crippen molar-refractivity contribution in [1.82, 2.24) is 10.2 Å². The SMILES string of the molecule is CCC1NC(c2cccs2)N(C2CCCC(C)CC2)C1=O. The van der Waals surface area contributed by atoms with Gasteiger partial charge in [-0.2, -0.15) is 0 Å². The molecule has 1 saturated carbocycles. The number of thiophene rings is 1. The highest BCUT2D eigenvalue weighted by Gasteiger charge is 2.42. The lowest BCUT2D eigenvalue weighted by atomic mass is 10.0. The average molecular weight is 306 g/mol. The van der Waals surface area contributed by atoms with E-state index in [0.717, 1.165) is 25.2 Å². The second-order valence-electron chi connectivity index (χ2n) is 6.56. The Bertz CT molecular complexity index is 473. The van der Waals surface area contributed by atoms with Crippen molar-refractivity contribution in [2.45, 2.75) is 70.6 Å². The number of carbonyl (C=O) groups excluding carboxylic acids is 1. The van der Waals surface area contributed by atoms with Crippen LogP contribution in [0.1, 0.15) is 63.4 Å². The molecule has 4 heteroatoms. The quantitative estimate of drug-likeness (QED) is 0.858. The normalized spacial score (nSPS) is 34.2. The first kappa shape index (κ1) is 15.0. The van der Waals surface area contributed by atoms with Gasteiger partial charge < -0.3 is 4.90 Å². The molecule has 1 aromatic rings. The van der Waals surface area contributed by atoms with Crippen LogP contribution in [0.2, 0.25) is 0 Å². The van der Waals surface area contributed by atoms with E-state index in [9.17, 15) is 4.79 Å². The Hall–Kier alpha value is -0.870. The van der Waals surface area contributed by atoms with E-state index >= 15 is 0 Å². The molecule has 0 bridgehead atoms. The number of amides is 1. The molecule has 1 aliphatic heterocycles. The van der Waals surface area contributed by atoms with Crippen LogP contribution < -0.4 is 5.32 Å². The number of carbonyl (C=O) groups is 1. The van der Waals surface area contributed by atoms with E-state index in [0.29, 0.717) is 11.9 Å². The van der Waals surface area contributed by atoms with Crippen molar-refractivity contribution in [2.75, 3.05) is 0 Å². The first-order valence-electron chi connectivity index (χ1n) is 8.32. The van der Waals surface area contributed by atoms with Gasteiger partial charge in [0.15, 0.2) is 0 Å². The van der Waals surface area contributed by atoms with Crippen molar-refractivity contribution >= 4 is 17.2 Å². The van der Waals surface area contributed by atoms with Crippen molar-refractivity contribution in [3.63, 3.8) is 0 Å². The van der Waals surface area contributed by atoms with Crippen LogP contribution in [0.4, 0.5) is 0 Å². The van der Waals surface area contributed by atoms with Crippen molar-refractivity contribution in [3.05, 3.63) is 22.4 Å². The summed E-state index contributed by atoms with van der Waals surface area (Å²) in [7, 11) is 0. The Balaban J connectivity index is 1.83. The van der Waals surface area contributed by atoms with Crippen LogP contribution in [0.3, 0.4) is 0 Å². The maximum Gasteiger partial charge on any atom is 0.241 e. The van der Waals surface area contributed by atoms with E-state index in [4.69, 9.17) is 0 Å². The number of nitrogens with zero attached hydrogens (tertiary/aromatic N) is 1. The molecule has 0 aromatic carbocycles. The molecule has 1 N–H and O–H groups in total. The molecule has 1 saturated heterocycles. The van der Waals surface area contributed by atoms with E-state index in [1.54, 1.807) is 11.3 Å². The maximum absolute atomic E-state index is 12.8. The Morgan fingerprint density at radius 3 is 2.90 bits per heavy atom. The number of rotatable bonds is 3. The molecular formula is C17H26N2OS. The highest BCUT2D eigenvalue weighted by molar-refractivity contribution is 7.10. The van der Waals surface area contributed by atoms with Gasteiger partial charge in [0.25, 0.3) is 0 Å². The molecule has 0 radical (unpaired) electrons. The molecule has 3 rings (SSSR count). The third kappa shape index (κ3) is 3.02. The van der Waals surface area contributed by atoms with Crippen LogP contribution >= 0.6 is 11.3 Å². The summed E-state index contributed by atoms with van der Waals surface area (Å²) in [6.07, 6.45) is 7.11. The van der Waals surface area contributed by atoms with Gasteiger partial charge in [-0.25, -0.2) is 0 Å². The summed E-state index contributed by atoms with van der Waals surface area (Å²) in [4.78, 5) is 16.3. The Kier molecular flexibility index (Phi) is 4.65. The lowest BCUT2D eigenvalue weighted by Gasteiger charge is -2.32. The van der Waals surface area contributed by atoms with Crippen molar-refractivity contribution < 1.29 is 4.79 Å². The molecule has 2 heterocycles. The van der Waals surface area contributed by atoms with Crippen molar-refractivity contribution in [2.24, 2.45) is 5.92 Å². The monoisotopic (exact) mass is 306 g/mol. The molecule has 2 aliphatic rings. The number of nitrogens with one attached hydrogen (secondary N) is 1. The summed E-state index contributed by atoms with van der Waals surface area (Å²) < 4.78 is 0. The van der Waals surface area contributed by atoms with E-state index in [-0.39, 0.29) is 12.2 Å². The van der Waals surface area contributed by atoms with Gasteiger partial charge in [-0.1, -0.05) is 32.8 Å². The summed E-state index contributed by atoms with van der Waals surface area (Å²) in [6.45, 7) is 4.44. The standard InChI is InChI=1S/C17H26N2OS/c1-3-14-17(20)19(13-7-4-6-12(2)9-10-13)16(18-14)15-8-5-11-21-15/h5,8,11-14,16,18H,3-4,6-7,9-10H2,1-2H3. The average Bonchev–Trinajstić information content (AvgIpc) is 3.05. The van der Waals surface area contributed by atoms with E-state index in [1.807, 2.05) is 0 Å². The van der Waals surface area contributed by atoms with E-state index < -0.39 is 0 Å². The van der Waals surface area contributed by atoms with Crippen LogP contribution in [0, 0.1) is 5.92 Å². The molecule has 4 atom stereocenters. The molecule has 3 nitrogen and oxygen atoms in total. The molecule has 0 spiro atoms. The molecule has 21 heavy (non-hydrogen) atoms. The fraction of sp³-hybridized carbons (Fsp3) is 0.706. The van der Waals surface area contributed by atoms with Crippen molar-refractivity contribution in [3.8, 4) is 0 Å². The van der Waals surface area contributed by atoms with Crippen molar-refractivity contribution in [1.29, 1.82) is 0 Å². The van der Waals surface area contributed by atoms with Crippen LogP contribution in [0.25, 0.3) is 0 Å². The molecule has 1 aromatic heterocycles. The summed E-state index contributed by atoms with van der Waals surface area (Å²) in [5.41, 5.74) is 0. The van der Waals surface area contributed by atoms with E-state index in [1.165, 1.54) is 24.1 Å². The molecule has 2 fully saturated rings. The first-order chi connectivity index (χ1) is 10.2. The number of hydrogen-bond acceptors (Lipinski definition) is 3. The van der Waals surface area contributed by atoms with E-state index in [2.05, 4.69) is 41.6 Å². The Morgan fingerprint density at radius 2 is 2.19 bits per heavy atom.